The van der Waals surface area contributed by atoms with Gasteiger partial charge in [0.15, 0.2) is 0 Å². The highest BCUT2D eigenvalue weighted by Crippen LogP contribution is 2.31. The van der Waals surface area contributed by atoms with Crippen molar-refractivity contribution in [2.75, 3.05) is 18.0 Å². The molecule has 0 unspecified atom stereocenters. The standard InChI is InChI=1S/C16H25BrN2/c1-2-19(15-6-4-3-5-7-15)16-9-8-14(17)12-13(16)10-11-18/h8-9,12,15H,2-7,10-11,18H2,1H3. The number of rotatable bonds is 5. The van der Waals surface area contributed by atoms with Crippen LogP contribution in [0, 0.1) is 0 Å². The van der Waals surface area contributed by atoms with E-state index in [2.05, 4.69) is 46.0 Å². The third kappa shape index (κ3) is 3.73. The summed E-state index contributed by atoms with van der Waals surface area (Å²) in [5.74, 6) is 0. The van der Waals surface area contributed by atoms with Gasteiger partial charge in [-0.3, -0.25) is 0 Å². The van der Waals surface area contributed by atoms with Gasteiger partial charge in [-0.1, -0.05) is 35.2 Å². The van der Waals surface area contributed by atoms with Gasteiger partial charge in [0.05, 0.1) is 0 Å². The molecule has 0 aromatic heterocycles. The van der Waals surface area contributed by atoms with Crippen LogP contribution in [-0.2, 0) is 6.42 Å². The van der Waals surface area contributed by atoms with Crippen molar-refractivity contribution >= 4 is 21.6 Å². The number of nitrogens with two attached hydrogens (primary N) is 1. The van der Waals surface area contributed by atoms with Crippen molar-refractivity contribution in [3.63, 3.8) is 0 Å². The van der Waals surface area contributed by atoms with E-state index in [1.807, 2.05) is 0 Å². The predicted molar refractivity (Wildman–Crippen MR) is 86.8 cm³/mol. The van der Waals surface area contributed by atoms with Gasteiger partial charge in [0.1, 0.15) is 0 Å². The number of halogens is 1. The molecule has 0 bridgehead atoms. The number of hydrogen-bond donors (Lipinski definition) is 1. The maximum absolute atomic E-state index is 5.77. The lowest BCUT2D eigenvalue weighted by atomic mass is 9.93. The van der Waals surface area contributed by atoms with E-state index in [1.165, 1.54) is 43.4 Å². The maximum atomic E-state index is 5.77. The molecule has 1 aliphatic rings. The van der Waals surface area contributed by atoms with Crippen molar-refractivity contribution in [2.45, 2.75) is 51.5 Å². The highest BCUT2D eigenvalue weighted by atomic mass is 79.9. The van der Waals surface area contributed by atoms with Crippen LogP contribution in [0.1, 0.15) is 44.6 Å². The summed E-state index contributed by atoms with van der Waals surface area (Å²) in [6.45, 7) is 4.07. The maximum Gasteiger partial charge on any atom is 0.0402 e. The van der Waals surface area contributed by atoms with Crippen LogP contribution in [-0.4, -0.2) is 19.1 Å². The van der Waals surface area contributed by atoms with Crippen LogP contribution in [0.4, 0.5) is 5.69 Å². The summed E-state index contributed by atoms with van der Waals surface area (Å²) in [5, 5.41) is 0. The Bertz CT molecular complexity index is 400. The van der Waals surface area contributed by atoms with Crippen molar-refractivity contribution in [1.29, 1.82) is 0 Å². The summed E-state index contributed by atoms with van der Waals surface area (Å²) in [5.41, 5.74) is 8.54. The molecular formula is C16H25BrN2. The fourth-order valence-electron chi connectivity index (χ4n) is 3.21. The first-order valence-electron chi connectivity index (χ1n) is 7.51. The van der Waals surface area contributed by atoms with Crippen LogP contribution in [0.2, 0.25) is 0 Å². The molecule has 2 N–H and O–H groups in total. The van der Waals surface area contributed by atoms with Crippen LogP contribution in [0.5, 0.6) is 0 Å². The lowest BCUT2D eigenvalue weighted by Gasteiger charge is -2.36. The molecule has 0 aliphatic heterocycles. The van der Waals surface area contributed by atoms with Crippen molar-refractivity contribution in [2.24, 2.45) is 5.73 Å². The summed E-state index contributed by atoms with van der Waals surface area (Å²) in [7, 11) is 0. The molecule has 19 heavy (non-hydrogen) atoms. The Morgan fingerprint density at radius 1 is 1.26 bits per heavy atom. The average Bonchev–Trinajstić information content (AvgIpc) is 2.43. The summed E-state index contributed by atoms with van der Waals surface area (Å²) in [6.07, 6.45) is 7.80. The zero-order valence-electron chi connectivity index (χ0n) is 11.9. The minimum atomic E-state index is 0.714. The van der Waals surface area contributed by atoms with E-state index >= 15 is 0 Å². The van der Waals surface area contributed by atoms with E-state index in [1.54, 1.807) is 0 Å². The van der Waals surface area contributed by atoms with E-state index in [0.29, 0.717) is 6.54 Å². The van der Waals surface area contributed by atoms with Gasteiger partial charge in [0.25, 0.3) is 0 Å². The molecule has 0 heterocycles. The smallest absolute Gasteiger partial charge is 0.0402 e. The number of nitrogens with zero attached hydrogens (tertiary/aromatic N) is 1. The molecule has 3 heteroatoms. The fourth-order valence-corrected chi connectivity index (χ4v) is 3.62. The average molecular weight is 325 g/mol. The molecule has 0 spiro atoms. The summed E-state index contributed by atoms with van der Waals surface area (Å²) in [4.78, 5) is 2.59. The Balaban J connectivity index is 2.25. The highest BCUT2D eigenvalue weighted by Gasteiger charge is 2.21. The first-order valence-corrected chi connectivity index (χ1v) is 8.30. The second-order valence-electron chi connectivity index (χ2n) is 5.39. The summed E-state index contributed by atoms with van der Waals surface area (Å²) < 4.78 is 1.15. The topological polar surface area (TPSA) is 29.3 Å². The van der Waals surface area contributed by atoms with Gasteiger partial charge >= 0.3 is 0 Å². The van der Waals surface area contributed by atoms with Gasteiger partial charge in [-0.15, -0.1) is 0 Å². The lowest BCUT2D eigenvalue weighted by Crippen LogP contribution is -2.37. The third-order valence-electron chi connectivity index (χ3n) is 4.12. The second kappa shape index (κ2) is 7.30. The first-order chi connectivity index (χ1) is 9.26. The molecular weight excluding hydrogens is 300 g/mol. The molecule has 0 atom stereocenters. The van der Waals surface area contributed by atoms with Crippen molar-refractivity contribution in [3.05, 3.63) is 28.2 Å². The molecule has 0 radical (unpaired) electrons. The number of anilines is 1. The Morgan fingerprint density at radius 2 is 2.00 bits per heavy atom. The van der Waals surface area contributed by atoms with Gasteiger partial charge in [-0.25, -0.2) is 0 Å². The molecule has 0 amide bonds. The first kappa shape index (κ1) is 14.9. The van der Waals surface area contributed by atoms with E-state index in [-0.39, 0.29) is 0 Å². The van der Waals surface area contributed by atoms with Crippen LogP contribution in [0.3, 0.4) is 0 Å². The lowest BCUT2D eigenvalue weighted by molar-refractivity contribution is 0.417. The van der Waals surface area contributed by atoms with Crippen LogP contribution >= 0.6 is 15.9 Å². The van der Waals surface area contributed by atoms with E-state index < -0.39 is 0 Å². The Labute approximate surface area is 125 Å². The molecule has 2 rings (SSSR count). The molecule has 1 aromatic rings. The number of benzene rings is 1. The minimum absolute atomic E-state index is 0.714. The zero-order chi connectivity index (χ0) is 13.7. The van der Waals surface area contributed by atoms with Gasteiger partial charge in [-0.2, -0.15) is 0 Å². The Hall–Kier alpha value is -0.540. The Kier molecular flexibility index (Phi) is 5.71. The SMILES string of the molecule is CCN(c1ccc(Br)cc1CCN)C1CCCCC1. The van der Waals surface area contributed by atoms with E-state index in [9.17, 15) is 0 Å². The van der Waals surface area contributed by atoms with Gasteiger partial charge in [0, 0.05) is 22.7 Å². The van der Waals surface area contributed by atoms with Crippen LogP contribution in [0.25, 0.3) is 0 Å². The van der Waals surface area contributed by atoms with Crippen LogP contribution < -0.4 is 10.6 Å². The molecule has 1 aliphatic carbocycles. The Morgan fingerprint density at radius 3 is 2.63 bits per heavy atom. The van der Waals surface area contributed by atoms with Gasteiger partial charge in [0.2, 0.25) is 0 Å². The molecule has 2 nitrogen and oxygen atoms in total. The molecule has 1 fully saturated rings. The monoisotopic (exact) mass is 324 g/mol. The van der Waals surface area contributed by atoms with Gasteiger partial charge < -0.3 is 10.6 Å². The summed E-state index contributed by atoms with van der Waals surface area (Å²) >= 11 is 3.57. The largest absolute Gasteiger partial charge is 0.369 e. The third-order valence-corrected chi connectivity index (χ3v) is 4.61. The molecule has 1 saturated carbocycles. The quantitative estimate of drug-likeness (QED) is 0.883. The van der Waals surface area contributed by atoms with E-state index in [0.717, 1.165) is 23.5 Å². The second-order valence-corrected chi connectivity index (χ2v) is 6.31. The van der Waals surface area contributed by atoms with Gasteiger partial charge in [-0.05, 0) is 56.5 Å². The van der Waals surface area contributed by atoms with Crippen molar-refractivity contribution < 1.29 is 0 Å². The minimum Gasteiger partial charge on any atom is -0.369 e. The highest BCUT2D eigenvalue weighted by molar-refractivity contribution is 9.10. The predicted octanol–water partition coefficient (Wildman–Crippen LogP) is 4.11. The normalized spacial score (nSPS) is 16.6. The van der Waals surface area contributed by atoms with Crippen molar-refractivity contribution in [3.8, 4) is 0 Å². The van der Waals surface area contributed by atoms with Crippen molar-refractivity contribution in [1.82, 2.24) is 0 Å². The molecule has 0 saturated heterocycles. The zero-order valence-corrected chi connectivity index (χ0v) is 13.5. The molecule has 106 valence electrons. The molecule has 1 aromatic carbocycles. The van der Waals surface area contributed by atoms with Crippen LogP contribution in [0.15, 0.2) is 22.7 Å². The summed E-state index contributed by atoms with van der Waals surface area (Å²) in [6, 6.07) is 7.36. The number of hydrogen-bond acceptors (Lipinski definition) is 2. The fraction of sp³-hybridized carbons (Fsp3) is 0.625. The van der Waals surface area contributed by atoms with E-state index in [4.69, 9.17) is 5.73 Å².